The van der Waals surface area contributed by atoms with Gasteiger partial charge in [-0.1, -0.05) is 25.1 Å². The number of nitrogens with zero attached hydrogens (tertiary/aromatic N) is 3. The van der Waals surface area contributed by atoms with E-state index in [1.165, 1.54) is 4.31 Å². The minimum atomic E-state index is -3.84. The normalized spacial score (nSPS) is 20.4. The molecular weight excluding hydrogens is 518 g/mol. The van der Waals surface area contributed by atoms with E-state index in [-0.39, 0.29) is 29.2 Å². The van der Waals surface area contributed by atoms with Gasteiger partial charge in [-0.25, -0.2) is 8.42 Å². The Morgan fingerprint density at radius 3 is 2.53 bits per heavy atom. The van der Waals surface area contributed by atoms with Gasteiger partial charge in [-0.15, -0.1) is 0 Å². The Morgan fingerprint density at radius 2 is 1.74 bits per heavy atom. The van der Waals surface area contributed by atoms with Gasteiger partial charge >= 0.3 is 0 Å². The van der Waals surface area contributed by atoms with Gasteiger partial charge in [0.05, 0.1) is 10.8 Å². The molecule has 0 aliphatic carbocycles. The summed E-state index contributed by atoms with van der Waals surface area (Å²) >= 11 is 3.46. The summed E-state index contributed by atoms with van der Waals surface area (Å²) in [5.74, 6) is -0.391. The molecule has 3 heterocycles. The van der Waals surface area contributed by atoms with Crippen molar-refractivity contribution in [1.29, 1.82) is 0 Å². The molecule has 2 aromatic rings. The minimum absolute atomic E-state index is 0.00223. The average Bonchev–Trinajstić information content (AvgIpc) is 3.46. The van der Waals surface area contributed by atoms with Crippen LogP contribution in [0.4, 0.5) is 11.4 Å². The highest BCUT2D eigenvalue weighted by Crippen LogP contribution is 2.38. The molecule has 0 unspecified atom stereocenters. The highest BCUT2D eigenvalue weighted by molar-refractivity contribution is 9.10. The Hall–Kier alpha value is -2.23. The Labute approximate surface area is 208 Å². The first-order valence-electron chi connectivity index (χ1n) is 11.8. The van der Waals surface area contributed by atoms with Gasteiger partial charge in [0.1, 0.15) is 0 Å². The molecule has 0 saturated carbocycles. The summed E-state index contributed by atoms with van der Waals surface area (Å²) in [5.41, 5.74) is 3.73. The molecule has 0 spiro atoms. The number of sulfonamides is 1. The monoisotopic (exact) mass is 545 g/mol. The van der Waals surface area contributed by atoms with Crippen LogP contribution in [0.3, 0.4) is 0 Å². The largest absolute Gasteiger partial charge is 0.312 e. The van der Waals surface area contributed by atoms with E-state index in [2.05, 4.69) is 15.9 Å². The smallest absolute Gasteiger partial charge is 0.244 e. The number of fused-ring (bicyclic) bond motifs is 2. The lowest BCUT2D eigenvalue weighted by Crippen LogP contribution is -2.46. The molecule has 180 valence electrons. The van der Waals surface area contributed by atoms with E-state index in [0.29, 0.717) is 55.5 Å². The number of hydrogen-bond acceptors (Lipinski definition) is 4. The highest BCUT2D eigenvalue weighted by atomic mass is 79.9. The molecule has 5 rings (SSSR count). The van der Waals surface area contributed by atoms with Crippen LogP contribution in [0.5, 0.6) is 0 Å². The molecule has 0 radical (unpaired) electrons. The standard InChI is InChI=1S/C25H28BrN3O4S/c1-2-24(30)28-12-10-18-14-20(26)23(15-22(18)28)34(32,33)27-11-5-7-19(16-27)25(31)29-13-9-17-6-3-4-8-21(17)29/h3-4,6,8,14-15,19H,2,5,7,9-13,16H2,1H3/t19-/m0/s1. The van der Waals surface area contributed by atoms with Gasteiger partial charge in [-0.2, -0.15) is 4.31 Å². The SMILES string of the molecule is CCC(=O)N1CCc2cc(Br)c(S(=O)(=O)N3CCC[C@H](C(=O)N4CCc5ccccc54)C3)cc21. The molecule has 3 aliphatic rings. The first-order chi connectivity index (χ1) is 16.3. The molecule has 3 aliphatic heterocycles. The molecule has 7 nitrogen and oxygen atoms in total. The maximum atomic E-state index is 13.7. The van der Waals surface area contributed by atoms with Crippen LogP contribution >= 0.6 is 15.9 Å². The topological polar surface area (TPSA) is 78.0 Å². The molecule has 0 bridgehead atoms. The third-order valence-corrected chi connectivity index (χ3v) is 9.96. The van der Waals surface area contributed by atoms with Crippen molar-refractivity contribution in [3.8, 4) is 0 Å². The molecule has 0 aromatic heterocycles. The van der Waals surface area contributed by atoms with Gasteiger partial charge in [0.2, 0.25) is 21.8 Å². The van der Waals surface area contributed by atoms with Crippen LogP contribution < -0.4 is 9.80 Å². The fourth-order valence-corrected chi connectivity index (χ4v) is 7.92. The van der Waals surface area contributed by atoms with Crippen LogP contribution in [0.2, 0.25) is 0 Å². The number of rotatable bonds is 4. The van der Waals surface area contributed by atoms with Gasteiger partial charge < -0.3 is 9.80 Å². The Balaban J connectivity index is 1.40. The minimum Gasteiger partial charge on any atom is -0.312 e. The predicted octanol–water partition coefficient (Wildman–Crippen LogP) is 3.74. The van der Waals surface area contributed by atoms with Crippen LogP contribution in [0.1, 0.15) is 37.3 Å². The summed E-state index contributed by atoms with van der Waals surface area (Å²) in [7, 11) is -3.84. The van der Waals surface area contributed by atoms with Gasteiger partial charge in [-0.3, -0.25) is 9.59 Å². The van der Waals surface area contributed by atoms with Gasteiger partial charge in [0.25, 0.3) is 0 Å². The summed E-state index contributed by atoms with van der Waals surface area (Å²) in [6.45, 7) is 3.56. The quantitative estimate of drug-likeness (QED) is 0.586. The van der Waals surface area contributed by atoms with Crippen molar-refractivity contribution in [3.63, 3.8) is 0 Å². The number of carbonyl (C=O) groups is 2. The Morgan fingerprint density at radius 1 is 1.00 bits per heavy atom. The zero-order valence-corrected chi connectivity index (χ0v) is 21.6. The number of piperidine rings is 1. The first-order valence-corrected chi connectivity index (χ1v) is 14.1. The summed E-state index contributed by atoms with van der Waals surface area (Å²) in [4.78, 5) is 29.4. The first kappa shape index (κ1) is 23.5. The molecule has 1 fully saturated rings. The lowest BCUT2D eigenvalue weighted by atomic mass is 9.98. The van der Waals surface area contributed by atoms with Crippen molar-refractivity contribution in [1.82, 2.24) is 4.31 Å². The van der Waals surface area contributed by atoms with E-state index >= 15 is 0 Å². The van der Waals surface area contributed by atoms with Gasteiger partial charge in [-0.05, 0) is 70.9 Å². The van der Waals surface area contributed by atoms with Gasteiger partial charge in [0, 0.05) is 48.4 Å². The zero-order chi connectivity index (χ0) is 24.0. The van der Waals surface area contributed by atoms with Gasteiger partial charge in [0.15, 0.2) is 0 Å². The van der Waals surface area contributed by atoms with E-state index in [9.17, 15) is 18.0 Å². The van der Waals surface area contributed by atoms with E-state index in [1.54, 1.807) is 17.9 Å². The summed E-state index contributed by atoms with van der Waals surface area (Å²) in [6, 6.07) is 11.3. The van der Waals surface area contributed by atoms with E-state index < -0.39 is 10.0 Å². The van der Waals surface area contributed by atoms with E-state index in [0.717, 1.165) is 23.2 Å². The molecular formula is C25H28BrN3O4S. The van der Waals surface area contributed by atoms with Crippen LogP contribution in [-0.2, 0) is 32.5 Å². The van der Waals surface area contributed by atoms with Crippen LogP contribution in [0, 0.1) is 5.92 Å². The van der Waals surface area contributed by atoms with Crippen LogP contribution in [-0.4, -0.2) is 50.7 Å². The fourth-order valence-electron chi connectivity index (χ4n) is 5.32. The predicted molar refractivity (Wildman–Crippen MR) is 134 cm³/mol. The second-order valence-electron chi connectivity index (χ2n) is 9.13. The maximum absolute atomic E-state index is 13.7. The number of carbonyl (C=O) groups excluding carboxylic acids is 2. The van der Waals surface area contributed by atoms with Crippen LogP contribution in [0.25, 0.3) is 0 Å². The van der Waals surface area contributed by atoms with E-state index in [1.807, 2.05) is 35.2 Å². The fraction of sp³-hybridized carbons (Fsp3) is 0.440. The molecule has 34 heavy (non-hydrogen) atoms. The summed E-state index contributed by atoms with van der Waals surface area (Å²) in [6.07, 6.45) is 3.21. The van der Waals surface area contributed by atoms with E-state index in [4.69, 9.17) is 0 Å². The number of hydrogen-bond donors (Lipinski definition) is 0. The second kappa shape index (κ2) is 9.09. The summed E-state index contributed by atoms with van der Waals surface area (Å²) in [5, 5.41) is 0. The molecule has 2 aromatic carbocycles. The average molecular weight is 546 g/mol. The van der Waals surface area contributed by atoms with Crippen molar-refractivity contribution in [2.75, 3.05) is 36.0 Å². The molecule has 0 N–H and O–H groups in total. The zero-order valence-electron chi connectivity index (χ0n) is 19.2. The highest BCUT2D eigenvalue weighted by Gasteiger charge is 2.38. The number of benzene rings is 2. The summed E-state index contributed by atoms with van der Waals surface area (Å²) < 4.78 is 29.4. The van der Waals surface area contributed by atoms with Crippen molar-refractivity contribution >= 4 is 49.1 Å². The molecule has 2 amide bonds. The number of halogens is 1. The number of amides is 2. The second-order valence-corrected chi connectivity index (χ2v) is 11.9. The van der Waals surface area contributed by atoms with Crippen LogP contribution in [0.15, 0.2) is 45.8 Å². The lowest BCUT2D eigenvalue weighted by molar-refractivity contribution is -0.123. The van der Waals surface area contributed by atoms with Crippen molar-refractivity contribution < 1.29 is 18.0 Å². The molecule has 9 heteroatoms. The number of para-hydroxylation sites is 1. The Bertz CT molecular complexity index is 1260. The van der Waals surface area contributed by atoms with Crippen molar-refractivity contribution in [2.24, 2.45) is 5.92 Å². The van der Waals surface area contributed by atoms with Crippen molar-refractivity contribution in [3.05, 3.63) is 52.0 Å². The lowest BCUT2D eigenvalue weighted by Gasteiger charge is -2.33. The maximum Gasteiger partial charge on any atom is 0.244 e. The third-order valence-electron chi connectivity index (χ3n) is 7.14. The van der Waals surface area contributed by atoms with Crippen molar-refractivity contribution in [2.45, 2.75) is 43.9 Å². The number of anilines is 2. The Kier molecular flexibility index (Phi) is 6.29. The molecule has 1 saturated heterocycles. The third kappa shape index (κ3) is 3.97. The molecule has 1 atom stereocenters.